The molecule has 0 spiro atoms. The molecule has 0 bridgehead atoms. The zero-order chi connectivity index (χ0) is 14.6. The molecule has 0 amide bonds. The van der Waals surface area contributed by atoms with Gasteiger partial charge in [-0.05, 0) is 23.3 Å². The van der Waals surface area contributed by atoms with Gasteiger partial charge in [0, 0.05) is 18.1 Å². The van der Waals surface area contributed by atoms with Gasteiger partial charge in [0.25, 0.3) is 0 Å². The Morgan fingerprint density at radius 3 is 2.30 bits per heavy atom. The molecule has 0 aliphatic carbocycles. The lowest BCUT2D eigenvalue weighted by molar-refractivity contribution is 0.466. The van der Waals surface area contributed by atoms with Gasteiger partial charge < -0.3 is 0 Å². The topological polar surface area (TPSA) is 37.4 Å². The summed E-state index contributed by atoms with van der Waals surface area (Å²) < 4.78 is 26.9. The first-order valence-corrected chi connectivity index (χ1v) is 8.60. The van der Waals surface area contributed by atoms with Gasteiger partial charge in [0.15, 0.2) is 0 Å². The summed E-state index contributed by atoms with van der Waals surface area (Å²) >= 11 is 3.39. The van der Waals surface area contributed by atoms with Crippen LogP contribution in [0.4, 0.5) is 0 Å². The highest BCUT2D eigenvalue weighted by Crippen LogP contribution is 2.16. The van der Waals surface area contributed by atoms with Crippen LogP contribution in [0, 0.1) is 0 Å². The van der Waals surface area contributed by atoms with E-state index in [1.165, 1.54) is 4.31 Å². The second-order valence-electron chi connectivity index (χ2n) is 4.63. The van der Waals surface area contributed by atoms with E-state index in [9.17, 15) is 8.42 Å². The number of benzene rings is 2. The van der Waals surface area contributed by atoms with Gasteiger partial charge in [0.1, 0.15) is 0 Å². The van der Waals surface area contributed by atoms with E-state index in [1.54, 1.807) is 7.05 Å². The van der Waals surface area contributed by atoms with E-state index in [-0.39, 0.29) is 5.75 Å². The maximum atomic E-state index is 12.3. The fourth-order valence-corrected chi connectivity index (χ4v) is 3.51. The first-order chi connectivity index (χ1) is 9.47. The van der Waals surface area contributed by atoms with Crippen molar-refractivity contribution in [3.8, 4) is 0 Å². The molecule has 2 aromatic rings. The highest BCUT2D eigenvalue weighted by molar-refractivity contribution is 9.10. The molecular weight excluding hydrogens is 338 g/mol. The molecule has 0 aliphatic heterocycles. The predicted molar refractivity (Wildman–Crippen MR) is 84.7 cm³/mol. The molecule has 0 unspecified atom stereocenters. The Morgan fingerprint density at radius 1 is 1.00 bits per heavy atom. The lowest BCUT2D eigenvalue weighted by atomic mass is 10.2. The van der Waals surface area contributed by atoms with Crippen LogP contribution in [0.3, 0.4) is 0 Å². The second-order valence-corrected chi connectivity index (χ2v) is 7.62. The van der Waals surface area contributed by atoms with Crippen LogP contribution in [-0.4, -0.2) is 19.8 Å². The lowest BCUT2D eigenvalue weighted by Crippen LogP contribution is -2.27. The minimum Gasteiger partial charge on any atom is -0.212 e. The van der Waals surface area contributed by atoms with Crippen molar-refractivity contribution in [2.24, 2.45) is 0 Å². The highest BCUT2D eigenvalue weighted by atomic mass is 79.9. The summed E-state index contributed by atoms with van der Waals surface area (Å²) in [6.45, 7) is 0.370. The van der Waals surface area contributed by atoms with Crippen LogP contribution in [0.2, 0.25) is 0 Å². The largest absolute Gasteiger partial charge is 0.218 e. The van der Waals surface area contributed by atoms with Crippen LogP contribution in [0.25, 0.3) is 0 Å². The van der Waals surface area contributed by atoms with Gasteiger partial charge in [-0.1, -0.05) is 58.4 Å². The van der Waals surface area contributed by atoms with E-state index in [2.05, 4.69) is 15.9 Å². The quantitative estimate of drug-likeness (QED) is 0.825. The maximum absolute atomic E-state index is 12.3. The average molecular weight is 354 g/mol. The molecule has 3 nitrogen and oxygen atoms in total. The molecular formula is C15H16BrNO2S. The molecule has 0 aromatic heterocycles. The minimum absolute atomic E-state index is 0.0261. The first kappa shape index (κ1) is 15.2. The number of halogens is 1. The molecule has 0 fully saturated rings. The Bertz CT molecular complexity index is 671. The standard InChI is InChI=1S/C15H16BrNO2S/c1-17(11-14-8-5-9-15(16)10-14)20(18,19)12-13-6-3-2-4-7-13/h2-10H,11-12H2,1H3. The van der Waals surface area contributed by atoms with Crippen LogP contribution in [-0.2, 0) is 22.3 Å². The van der Waals surface area contributed by atoms with Crippen molar-refractivity contribution in [3.63, 3.8) is 0 Å². The van der Waals surface area contributed by atoms with E-state index in [1.807, 2.05) is 54.6 Å². The third-order valence-corrected chi connectivity index (χ3v) is 5.23. The van der Waals surface area contributed by atoms with Crippen LogP contribution < -0.4 is 0 Å². The van der Waals surface area contributed by atoms with Gasteiger partial charge in [0.2, 0.25) is 10.0 Å². The number of hydrogen-bond donors (Lipinski definition) is 0. The summed E-state index contributed by atoms with van der Waals surface area (Å²) in [6.07, 6.45) is 0. The molecule has 2 aromatic carbocycles. The molecule has 0 saturated heterocycles. The predicted octanol–water partition coefficient (Wildman–Crippen LogP) is 3.41. The molecule has 20 heavy (non-hydrogen) atoms. The smallest absolute Gasteiger partial charge is 0.212 e. The van der Waals surface area contributed by atoms with Gasteiger partial charge in [0.05, 0.1) is 5.75 Å². The second kappa shape index (κ2) is 6.52. The number of nitrogens with zero attached hydrogens (tertiary/aromatic N) is 1. The van der Waals surface area contributed by atoms with Gasteiger partial charge in [-0.2, -0.15) is 0 Å². The van der Waals surface area contributed by atoms with Gasteiger partial charge in [-0.25, -0.2) is 12.7 Å². The van der Waals surface area contributed by atoms with Crippen LogP contribution >= 0.6 is 15.9 Å². The van der Waals surface area contributed by atoms with Gasteiger partial charge in [-0.15, -0.1) is 0 Å². The summed E-state index contributed by atoms with van der Waals surface area (Å²) in [6, 6.07) is 16.9. The van der Waals surface area contributed by atoms with Gasteiger partial charge in [-0.3, -0.25) is 0 Å². The summed E-state index contributed by atoms with van der Waals surface area (Å²) in [5.74, 6) is 0.0261. The molecule has 0 N–H and O–H groups in total. The summed E-state index contributed by atoms with van der Waals surface area (Å²) in [5, 5.41) is 0. The van der Waals surface area contributed by atoms with Crippen LogP contribution in [0.5, 0.6) is 0 Å². The van der Waals surface area contributed by atoms with Crippen molar-refractivity contribution in [2.75, 3.05) is 7.05 Å². The van der Waals surface area contributed by atoms with Crippen LogP contribution in [0.1, 0.15) is 11.1 Å². The van der Waals surface area contributed by atoms with Crippen molar-refractivity contribution >= 4 is 26.0 Å². The Morgan fingerprint density at radius 2 is 1.65 bits per heavy atom. The molecule has 106 valence electrons. The average Bonchev–Trinajstić information content (AvgIpc) is 2.39. The Hall–Kier alpha value is -1.17. The molecule has 2 rings (SSSR count). The Balaban J connectivity index is 2.09. The Labute approximate surface area is 128 Å². The summed E-state index contributed by atoms with van der Waals surface area (Å²) in [5.41, 5.74) is 1.76. The number of sulfonamides is 1. The molecule has 5 heteroatoms. The molecule has 0 atom stereocenters. The summed E-state index contributed by atoms with van der Waals surface area (Å²) in [4.78, 5) is 0. The van der Waals surface area contributed by atoms with Crippen molar-refractivity contribution in [1.82, 2.24) is 4.31 Å². The van der Waals surface area contributed by atoms with Crippen molar-refractivity contribution in [1.29, 1.82) is 0 Å². The monoisotopic (exact) mass is 353 g/mol. The van der Waals surface area contributed by atoms with Gasteiger partial charge >= 0.3 is 0 Å². The zero-order valence-corrected chi connectivity index (χ0v) is 13.6. The van der Waals surface area contributed by atoms with Crippen LogP contribution in [0.15, 0.2) is 59.1 Å². The van der Waals surface area contributed by atoms with E-state index >= 15 is 0 Å². The van der Waals surface area contributed by atoms with E-state index < -0.39 is 10.0 Å². The van der Waals surface area contributed by atoms with E-state index in [4.69, 9.17) is 0 Å². The highest BCUT2D eigenvalue weighted by Gasteiger charge is 2.18. The first-order valence-electron chi connectivity index (χ1n) is 6.20. The summed E-state index contributed by atoms with van der Waals surface area (Å²) in [7, 11) is -1.70. The van der Waals surface area contributed by atoms with Crippen molar-refractivity contribution in [2.45, 2.75) is 12.3 Å². The van der Waals surface area contributed by atoms with E-state index in [0.29, 0.717) is 6.54 Å². The van der Waals surface area contributed by atoms with Crippen molar-refractivity contribution < 1.29 is 8.42 Å². The lowest BCUT2D eigenvalue weighted by Gasteiger charge is -2.17. The molecule has 0 aliphatic rings. The van der Waals surface area contributed by atoms with Crippen molar-refractivity contribution in [3.05, 3.63) is 70.2 Å². The molecule has 0 saturated carbocycles. The van der Waals surface area contributed by atoms with E-state index in [0.717, 1.165) is 15.6 Å². The molecule has 0 heterocycles. The zero-order valence-electron chi connectivity index (χ0n) is 11.2. The normalized spacial score (nSPS) is 11.8. The fraction of sp³-hybridized carbons (Fsp3) is 0.200. The SMILES string of the molecule is CN(Cc1cccc(Br)c1)S(=O)(=O)Cc1ccccc1. The Kier molecular flexibility index (Phi) is 4.96. The fourth-order valence-electron chi connectivity index (χ4n) is 1.89. The molecule has 0 radical (unpaired) electrons. The maximum Gasteiger partial charge on any atom is 0.218 e. The third-order valence-electron chi connectivity index (χ3n) is 2.96. The third kappa shape index (κ3) is 4.16. The number of hydrogen-bond acceptors (Lipinski definition) is 2. The minimum atomic E-state index is -3.31. The number of rotatable bonds is 5.